The first-order chi connectivity index (χ1) is 3.72. The highest BCUT2D eigenvalue weighted by molar-refractivity contribution is 7.80. The number of nitrogens with zero attached hydrogens (tertiary/aromatic N) is 1. The van der Waals surface area contributed by atoms with Gasteiger partial charge in [0.25, 0.3) is 0 Å². The zero-order valence-corrected chi connectivity index (χ0v) is 6.17. The van der Waals surface area contributed by atoms with Crippen molar-refractivity contribution in [1.82, 2.24) is 15.8 Å². The lowest BCUT2D eigenvalue weighted by Gasteiger charge is -2.16. The van der Waals surface area contributed by atoms with Crippen LogP contribution in [0.5, 0.6) is 0 Å². The molecular weight excluding hydrogens is 122 g/mol. The van der Waals surface area contributed by atoms with Crippen LogP contribution in [0.15, 0.2) is 0 Å². The molecule has 0 saturated heterocycles. The highest BCUT2D eigenvalue weighted by atomic mass is 32.1. The Bertz CT molecular complexity index is 83.4. The largest absolute Gasteiger partial charge is 0.365 e. The molecule has 3 nitrogen and oxygen atoms in total. The highest BCUT2D eigenvalue weighted by Gasteiger charge is 1.93. The fraction of sp³-hybridized carbons (Fsp3) is 0.750. The van der Waals surface area contributed by atoms with Crippen LogP contribution in [-0.2, 0) is 0 Å². The summed E-state index contributed by atoms with van der Waals surface area (Å²) in [6.45, 7) is 0. The van der Waals surface area contributed by atoms with E-state index in [4.69, 9.17) is 12.2 Å². The maximum Gasteiger partial charge on any atom is 0.182 e. The van der Waals surface area contributed by atoms with Gasteiger partial charge in [-0.05, 0) is 12.2 Å². The lowest BCUT2D eigenvalue weighted by molar-refractivity contribution is 0.405. The zero-order valence-electron chi connectivity index (χ0n) is 5.36. The van der Waals surface area contributed by atoms with Crippen LogP contribution < -0.4 is 10.7 Å². The van der Waals surface area contributed by atoms with Gasteiger partial charge in [-0.3, -0.25) is 5.01 Å². The lowest BCUT2D eigenvalue weighted by atomic mass is 10.9. The number of thiocarbonyl (C=S) groups is 1. The van der Waals surface area contributed by atoms with Crippen LogP contribution >= 0.6 is 12.2 Å². The molecule has 0 aromatic rings. The van der Waals surface area contributed by atoms with Gasteiger partial charge < -0.3 is 5.32 Å². The molecule has 0 atom stereocenters. The minimum atomic E-state index is 0.688. The maximum absolute atomic E-state index is 4.83. The first kappa shape index (κ1) is 7.65. The van der Waals surface area contributed by atoms with Gasteiger partial charge in [-0.15, -0.1) is 0 Å². The summed E-state index contributed by atoms with van der Waals surface area (Å²) in [6, 6.07) is 0. The van der Waals surface area contributed by atoms with Crippen molar-refractivity contribution in [3.05, 3.63) is 0 Å². The summed E-state index contributed by atoms with van der Waals surface area (Å²) in [5.41, 5.74) is 2.85. The molecule has 0 aromatic carbocycles. The van der Waals surface area contributed by atoms with Crippen LogP contribution in [0.4, 0.5) is 0 Å². The second kappa shape index (κ2) is 3.63. The SMILES string of the molecule is CNC(=S)N(C)NC. The van der Waals surface area contributed by atoms with Crippen molar-refractivity contribution in [3.63, 3.8) is 0 Å². The summed E-state index contributed by atoms with van der Waals surface area (Å²) in [5, 5.41) is 5.22. The molecule has 0 fully saturated rings. The van der Waals surface area contributed by atoms with E-state index in [1.807, 2.05) is 14.1 Å². The standard InChI is InChI=1S/C4H11N3S/c1-5-4(8)7(3)6-2/h6H,1-3H3,(H,5,8). The number of nitrogens with one attached hydrogen (secondary N) is 2. The van der Waals surface area contributed by atoms with Crippen molar-refractivity contribution < 1.29 is 0 Å². The van der Waals surface area contributed by atoms with E-state index < -0.39 is 0 Å². The molecule has 0 radical (unpaired) electrons. The molecule has 0 aliphatic carbocycles. The molecule has 48 valence electrons. The maximum atomic E-state index is 4.83. The second-order valence-corrected chi connectivity index (χ2v) is 1.72. The van der Waals surface area contributed by atoms with Crippen LogP contribution in [0.2, 0.25) is 0 Å². The Morgan fingerprint density at radius 2 is 2.00 bits per heavy atom. The van der Waals surface area contributed by atoms with Gasteiger partial charge in [-0.2, -0.15) is 0 Å². The van der Waals surface area contributed by atoms with Crippen LogP contribution in [0.1, 0.15) is 0 Å². The minimum Gasteiger partial charge on any atom is -0.365 e. The Kier molecular flexibility index (Phi) is 3.47. The van der Waals surface area contributed by atoms with Gasteiger partial charge >= 0.3 is 0 Å². The normalized spacial score (nSPS) is 8.38. The second-order valence-electron chi connectivity index (χ2n) is 1.34. The van der Waals surface area contributed by atoms with Gasteiger partial charge in [-0.25, -0.2) is 5.43 Å². The van der Waals surface area contributed by atoms with Crippen molar-refractivity contribution in [2.24, 2.45) is 0 Å². The van der Waals surface area contributed by atoms with E-state index in [1.54, 1.807) is 12.1 Å². The van der Waals surface area contributed by atoms with E-state index in [1.165, 1.54) is 0 Å². The van der Waals surface area contributed by atoms with Crippen molar-refractivity contribution in [2.75, 3.05) is 21.1 Å². The van der Waals surface area contributed by atoms with Crippen LogP contribution in [-0.4, -0.2) is 31.3 Å². The molecule has 0 aromatic heterocycles. The summed E-state index contributed by atoms with van der Waals surface area (Å²) in [5.74, 6) is 0. The molecular formula is C4H11N3S. The lowest BCUT2D eigenvalue weighted by Crippen LogP contribution is -2.42. The monoisotopic (exact) mass is 133 g/mol. The predicted octanol–water partition coefficient (Wildman–Crippen LogP) is -0.443. The average Bonchev–Trinajstić information content (AvgIpc) is 1.84. The highest BCUT2D eigenvalue weighted by Crippen LogP contribution is 1.72. The molecule has 0 aliphatic rings. The van der Waals surface area contributed by atoms with Crippen molar-refractivity contribution in [3.8, 4) is 0 Å². The van der Waals surface area contributed by atoms with Gasteiger partial charge in [-0.1, -0.05) is 0 Å². The summed E-state index contributed by atoms with van der Waals surface area (Å²) in [4.78, 5) is 0. The smallest absolute Gasteiger partial charge is 0.182 e. The first-order valence-electron chi connectivity index (χ1n) is 2.35. The molecule has 0 rings (SSSR count). The third kappa shape index (κ3) is 2.09. The average molecular weight is 133 g/mol. The van der Waals surface area contributed by atoms with E-state index in [0.717, 1.165) is 0 Å². The van der Waals surface area contributed by atoms with Gasteiger partial charge in [0.05, 0.1) is 0 Å². The van der Waals surface area contributed by atoms with E-state index in [9.17, 15) is 0 Å². The van der Waals surface area contributed by atoms with Crippen LogP contribution in [0.3, 0.4) is 0 Å². The van der Waals surface area contributed by atoms with Gasteiger partial charge in [0.15, 0.2) is 5.11 Å². The molecule has 0 bridgehead atoms. The number of rotatable bonds is 1. The van der Waals surface area contributed by atoms with Gasteiger partial charge in [0.2, 0.25) is 0 Å². The fourth-order valence-electron chi connectivity index (χ4n) is 0.269. The van der Waals surface area contributed by atoms with Crippen molar-refractivity contribution >= 4 is 17.3 Å². The molecule has 0 amide bonds. The minimum absolute atomic E-state index is 0.688. The van der Waals surface area contributed by atoms with E-state index >= 15 is 0 Å². The third-order valence-electron chi connectivity index (χ3n) is 0.854. The first-order valence-corrected chi connectivity index (χ1v) is 2.76. The summed E-state index contributed by atoms with van der Waals surface area (Å²) < 4.78 is 0. The number of hydrogen-bond acceptors (Lipinski definition) is 2. The molecule has 0 saturated carbocycles. The molecule has 0 spiro atoms. The van der Waals surface area contributed by atoms with Crippen molar-refractivity contribution in [1.29, 1.82) is 0 Å². The van der Waals surface area contributed by atoms with E-state index in [0.29, 0.717) is 5.11 Å². The zero-order chi connectivity index (χ0) is 6.57. The van der Waals surface area contributed by atoms with Crippen molar-refractivity contribution in [2.45, 2.75) is 0 Å². The Morgan fingerprint density at radius 1 is 1.50 bits per heavy atom. The summed E-state index contributed by atoms with van der Waals surface area (Å²) in [7, 11) is 5.44. The quantitative estimate of drug-likeness (QED) is 0.374. The molecule has 2 N–H and O–H groups in total. The molecule has 0 unspecified atom stereocenters. The van der Waals surface area contributed by atoms with Gasteiger partial charge in [0, 0.05) is 21.1 Å². The molecule has 8 heavy (non-hydrogen) atoms. The Morgan fingerprint density at radius 3 is 2.12 bits per heavy atom. The Labute approximate surface area is 55.0 Å². The summed E-state index contributed by atoms with van der Waals surface area (Å²) >= 11 is 4.83. The van der Waals surface area contributed by atoms with E-state index in [2.05, 4.69) is 10.7 Å². The molecule has 4 heteroatoms. The van der Waals surface area contributed by atoms with Crippen LogP contribution in [0.25, 0.3) is 0 Å². The predicted molar refractivity (Wildman–Crippen MR) is 38.5 cm³/mol. The summed E-state index contributed by atoms with van der Waals surface area (Å²) in [6.07, 6.45) is 0. The Hall–Kier alpha value is -0.350. The topological polar surface area (TPSA) is 27.3 Å². The molecule has 0 heterocycles. The Balaban J connectivity index is 3.46. The number of hydrogen-bond donors (Lipinski definition) is 2. The van der Waals surface area contributed by atoms with Crippen LogP contribution in [0, 0.1) is 0 Å². The number of hydrazine groups is 1. The third-order valence-corrected chi connectivity index (χ3v) is 1.33. The molecule has 0 aliphatic heterocycles. The fourth-order valence-corrected chi connectivity index (χ4v) is 0.361. The van der Waals surface area contributed by atoms with Gasteiger partial charge in [0.1, 0.15) is 0 Å². The van der Waals surface area contributed by atoms with E-state index in [-0.39, 0.29) is 0 Å².